The number of hydrogen-bond acceptors (Lipinski definition) is 4. The Bertz CT molecular complexity index is 504. The van der Waals surface area contributed by atoms with Crippen LogP contribution in [0.5, 0.6) is 5.75 Å². The lowest BCUT2D eigenvalue weighted by molar-refractivity contribution is -0.118. The number of aromatic nitrogens is 2. The maximum absolute atomic E-state index is 12.2. The number of allylic oxidation sites excluding steroid dienone is 1. The van der Waals surface area contributed by atoms with Crippen LogP contribution in [0.1, 0.15) is 26.2 Å². The quantitative estimate of drug-likeness (QED) is 0.810. The Morgan fingerprint density at radius 2 is 2.35 bits per heavy atom. The summed E-state index contributed by atoms with van der Waals surface area (Å²) in [6.45, 7) is 2.86. The third kappa shape index (κ3) is 2.70. The zero-order valence-corrected chi connectivity index (χ0v) is 11.5. The smallest absolute Gasteiger partial charge is 0.247 e. The first kappa shape index (κ1) is 13.2. The summed E-state index contributed by atoms with van der Waals surface area (Å²) in [6.07, 6.45) is 6.41. The SMILES string of the molecule is CC(C(=O)N[C@H]1COC[C@H]1Oc1cn[nH]c1)=C1CCC1. The number of aromatic amines is 1. The Labute approximate surface area is 117 Å². The summed E-state index contributed by atoms with van der Waals surface area (Å²) in [7, 11) is 0. The van der Waals surface area contributed by atoms with Crippen LogP contribution in [-0.2, 0) is 9.53 Å². The summed E-state index contributed by atoms with van der Waals surface area (Å²) in [4.78, 5) is 12.2. The van der Waals surface area contributed by atoms with Gasteiger partial charge in [-0.15, -0.1) is 0 Å². The number of rotatable bonds is 4. The van der Waals surface area contributed by atoms with E-state index >= 15 is 0 Å². The van der Waals surface area contributed by atoms with Gasteiger partial charge in [-0.1, -0.05) is 5.57 Å². The first-order chi connectivity index (χ1) is 9.74. The van der Waals surface area contributed by atoms with Crippen LogP contribution in [-0.4, -0.2) is 41.5 Å². The number of H-pyrrole nitrogens is 1. The van der Waals surface area contributed by atoms with E-state index in [-0.39, 0.29) is 18.1 Å². The van der Waals surface area contributed by atoms with Gasteiger partial charge in [-0.3, -0.25) is 9.89 Å². The molecule has 1 saturated heterocycles. The Kier molecular flexibility index (Phi) is 3.73. The second kappa shape index (κ2) is 5.66. The highest BCUT2D eigenvalue weighted by Gasteiger charge is 2.32. The molecule has 0 aromatic carbocycles. The van der Waals surface area contributed by atoms with Crippen molar-refractivity contribution in [2.75, 3.05) is 13.2 Å². The lowest BCUT2D eigenvalue weighted by Gasteiger charge is -2.23. The van der Waals surface area contributed by atoms with Crippen LogP contribution >= 0.6 is 0 Å². The molecule has 1 aliphatic carbocycles. The van der Waals surface area contributed by atoms with Gasteiger partial charge in [-0.25, -0.2) is 0 Å². The molecule has 1 aromatic heterocycles. The van der Waals surface area contributed by atoms with Crippen molar-refractivity contribution in [1.29, 1.82) is 0 Å². The average molecular weight is 277 g/mol. The van der Waals surface area contributed by atoms with Gasteiger partial charge in [-0.2, -0.15) is 5.10 Å². The minimum Gasteiger partial charge on any atom is -0.482 e. The Morgan fingerprint density at radius 3 is 3.00 bits per heavy atom. The van der Waals surface area contributed by atoms with Crippen molar-refractivity contribution in [2.45, 2.75) is 38.3 Å². The molecule has 0 bridgehead atoms. The molecule has 1 aromatic rings. The fourth-order valence-corrected chi connectivity index (χ4v) is 2.43. The first-order valence-electron chi connectivity index (χ1n) is 6.96. The van der Waals surface area contributed by atoms with Gasteiger partial charge in [0.1, 0.15) is 6.10 Å². The molecule has 20 heavy (non-hydrogen) atoms. The highest BCUT2D eigenvalue weighted by molar-refractivity contribution is 5.94. The van der Waals surface area contributed by atoms with Crippen molar-refractivity contribution in [2.24, 2.45) is 0 Å². The number of amides is 1. The molecule has 6 heteroatoms. The Morgan fingerprint density at radius 1 is 1.50 bits per heavy atom. The molecular formula is C14H19N3O3. The van der Waals surface area contributed by atoms with E-state index in [1.807, 2.05) is 6.92 Å². The molecule has 2 N–H and O–H groups in total. The molecule has 0 radical (unpaired) electrons. The zero-order chi connectivity index (χ0) is 13.9. The number of ether oxygens (including phenoxy) is 2. The summed E-state index contributed by atoms with van der Waals surface area (Å²) in [5, 5.41) is 9.54. The fourth-order valence-electron chi connectivity index (χ4n) is 2.43. The number of carbonyl (C=O) groups excluding carboxylic acids is 1. The number of nitrogens with zero attached hydrogens (tertiary/aromatic N) is 1. The predicted molar refractivity (Wildman–Crippen MR) is 72.3 cm³/mol. The lowest BCUT2D eigenvalue weighted by atomic mass is 9.88. The molecule has 1 aliphatic heterocycles. The molecule has 2 fully saturated rings. The van der Waals surface area contributed by atoms with Crippen LogP contribution in [0, 0.1) is 0 Å². The maximum Gasteiger partial charge on any atom is 0.247 e. The minimum atomic E-state index is -0.171. The molecule has 2 aliphatic rings. The number of nitrogens with one attached hydrogen (secondary N) is 2. The highest BCUT2D eigenvalue weighted by Crippen LogP contribution is 2.28. The summed E-state index contributed by atoms with van der Waals surface area (Å²) in [5.74, 6) is 0.657. The van der Waals surface area contributed by atoms with E-state index in [4.69, 9.17) is 9.47 Å². The van der Waals surface area contributed by atoms with Gasteiger partial charge in [0.25, 0.3) is 0 Å². The van der Waals surface area contributed by atoms with E-state index in [1.54, 1.807) is 12.4 Å². The zero-order valence-electron chi connectivity index (χ0n) is 11.5. The van der Waals surface area contributed by atoms with E-state index in [1.165, 1.54) is 12.0 Å². The molecule has 0 spiro atoms. The van der Waals surface area contributed by atoms with Gasteiger partial charge < -0.3 is 14.8 Å². The van der Waals surface area contributed by atoms with Crippen LogP contribution in [0.25, 0.3) is 0 Å². The highest BCUT2D eigenvalue weighted by atomic mass is 16.5. The lowest BCUT2D eigenvalue weighted by Crippen LogP contribution is -2.45. The summed E-state index contributed by atoms with van der Waals surface area (Å²) in [5.41, 5.74) is 2.12. The normalized spacial score (nSPS) is 25.1. The molecular weight excluding hydrogens is 258 g/mol. The van der Waals surface area contributed by atoms with E-state index in [0.29, 0.717) is 19.0 Å². The molecule has 2 atom stereocenters. The van der Waals surface area contributed by atoms with Crippen molar-refractivity contribution in [3.63, 3.8) is 0 Å². The second-order valence-corrected chi connectivity index (χ2v) is 5.29. The van der Waals surface area contributed by atoms with Crippen molar-refractivity contribution in [3.8, 4) is 5.75 Å². The molecule has 3 rings (SSSR count). The van der Waals surface area contributed by atoms with Crippen LogP contribution in [0.2, 0.25) is 0 Å². The van der Waals surface area contributed by atoms with Crippen LogP contribution in [0.4, 0.5) is 0 Å². The van der Waals surface area contributed by atoms with Gasteiger partial charge in [0.05, 0.1) is 31.6 Å². The molecule has 2 heterocycles. The van der Waals surface area contributed by atoms with E-state index in [0.717, 1.165) is 18.4 Å². The summed E-state index contributed by atoms with van der Waals surface area (Å²) >= 11 is 0. The van der Waals surface area contributed by atoms with Gasteiger partial charge in [0, 0.05) is 5.57 Å². The predicted octanol–water partition coefficient (Wildman–Crippen LogP) is 1.17. The van der Waals surface area contributed by atoms with Crippen molar-refractivity contribution >= 4 is 5.91 Å². The standard InChI is InChI=1S/C14H19N3O3/c1-9(10-3-2-4-10)14(18)17-12-7-19-8-13(12)20-11-5-15-16-6-11/h5-6,12-13H,2-4,7-8H2,1H3,(H,15,16)(H,17,18)/t12-,13+/m0/s1. The number of hydrogen-bond donors (Lipinski definition) is 2. The largest absolute Gasteiger partial charge is 0.482 e. The van der Waals surface area contributed by atoms with Crippen molar-refractivity contribution in [1.82, 2.24) is 15.5 Å². The summed E-state index contributed by atoms with van der Waals surface area (Å²) in [6, 6.07) is -0.118. The van der Waals surface area contributed by atoms with Gasteiger partial charge in [0.15, 0.2) is 5.75 Å². The number of carbonyl (C=O) groups is 1. The van der Waals surface area contributed by atoms with Gasteiger partial charge >= 0.3 is 0 Å². The molecule has 0 unspecified atom stereocenters. The van der Waals surface area contributed by atoms with E-state index in [2.05, 4.69) is 15.5 Å². The molecule has 108 valence electrons. The van der Waals surface area contributed by atoms with Crippen LogP contribution < -0.4 is 10.1 Å². The van der Waals surface area contributed by atoms with E-state index in [9.17, 15) is 4.79 Å². The van der Waals surface area contributed by atoms with Gasteiger partial charge in [0.2, 0.25) is 5.91 Å². The Balaban J connectivity index is 1.59. The monoisotopic (exact) mass is 277 g/mol. The molecule has 1 amide bonds. The third-order valence-corrected chi connectivity index (χ3v) is 3.93. The first-order valence-corrected chi connectivity index (χ1v) is 6.96. The van der Waals surface area contributed by atoms with E-state index < -0.39 is 0 Å². The van der Waals surface area contributed by atoms with Crippen LogP contribution in [0.3, 0.4) is 0 Å². The maximum atomic E-state index is 12.2. The molecule has 1 saturated carbocycles. The fraction of sp³-hybridized carbons (Fsp3) is 0.571. The van der Waals surface area contributed by atoms with Crippen molar-refractivity contribution in [3.05, 3.63) is 23.5 Å². The Hall–Kier alpha value is -1.82. The average Bonchev–Trinajstić information content (AvgIpc) is 3.00. The molecule has 6 nitrogen and oxygen atoms in total. The second-order valence-electron chi connectivity index (χ2n) is 5.29. The van der Waals surface area contributed by atoms with Crippen molar-refractivity contribution < 1.29 is 14.3 Å². The summed E-state index contributed by atoms with van der Waals surface area (Å²) < 4.78 is 11.2. The third-order valence-electron chi connectivity index (χ3n) is 3.93. The minimum absolute atomic E-state index is 0.00371. The topological polar surface area (TPSA) is 76.2 Å². The van der Waals surface area contributed by atoms with Gasteiger partial charge in [-0.05, 0) is 26.2 Å². The van der Waals surface area contributed by atoms with Crippen LogP contribution in [0.15, 0.2) is 23.5 Å².